The van der Waals surface area contributed by atoms with Gasteiger partial charge in [0.1, 0.15) is 0 Å². The Hall–Kier alpha value is -5.44. The summed E-state index contributed by atoms with van der Waals surface area (Å²) in [7, 11) is 0. The van der Waals surface area contributed by atoms with Crippen LogP contribution in [-0.4, -0.2) is 4.98 Å². The molecule has 6 aromatic carbocycles. The molecule has 0 radical (unpaired) electrons. The molecule has 1 aliphatic heterocycles. The largest absolute Gasteiger partial charge is 0.247 e. The number of thioether (sulfide) groups is 1. The highest BCUT2D eigenvalue weighted by Gasteiger charge is 2.26. The molecule has 0 fully saturated rings. The predicted molar refractivity (Wildman–Crippen MR) is 193 cm³/mol. The number of nitrogens with zero attached hydrogens (tertiary/aromatic N) is 1. The average molecular weight is 592 g/mol. The van der Waals surface area contributed by atoms with Crippen LogP contribution >= 0.6 is 11.8 Å². The van der Waals surface area contributed by atoms with E-state index in [0.717, 1.165) is 27.9 Å². The molecule has 2 heterocycles. The molecule has 0 N–H and O–H groups in total. The van der Waals surface area contributed by atoms with E-state index in [1.54, 1.807) is 0 Å². The number of hydrogen-bond donors (Lipinski definition) is 0. The topological polar surface area (TPSA) is 12.9 Å². The van der Waals surface area contributed by atoms with Gasteiger partial charge in [-0.1, -0.05) is 182 Å². The smallest absolute Gasteiger partial charge is 0.0794 e. The van der Waals surface area contributed by atoms with Crippen LogP contribution in [0.15, 0.2) is 170 Å². The minimum Gasteiger partial charge on any atom is -0.247 e. The molecule has 0 bridgehead atoms. The van der Waals surface area contributed by atoms with Crippen molar-refractivity contribution < 1.29 is 0 Å². The average Bonchev–Trinajstić information content (AvgIpc) is 3.13. The van der Waals surface area contributed by atoms with E-state index >= 15 is 0 Å². The van der Waals surface area contributed by atoms with Gasteiger partial charge in [0.15, 0.2) is 0 Å². The van der Waals surface area contributed by atoms with E-state index in [1.165, 1.54) is 48.6 Å². The van der Waals surface area contributed by atoms with Crippen molar-refractivity contribution in [3.8, 4) is 22.4 Å². The zero-order chi connectivity index (χ0) is 30.0. The van der Waals surface area contributed by atoms with Gasteiger partial charge >= 0.3 is 0 Å². The van der Waals surface area contributed by atoms with Gasteiger partial charge in [0.25, 0.3) is 0 Å². The molecule has 0 saturated carbocycles. The van der Waals surface area contributed by atoms with Crippen molar-refractivity contribution in [3.05, 3.63) is 198 Å². The zero-order valence-corrected chi connectivity index (χ0v) is 25.4. The Balaban J connectivity index is 1.40. The summed E-state index contributed by atoms with van der Waals surface area (Å²) in [5.74, 6) is 0. The summed E-state index contributed by atoms with van der Waals surface area (Å²) >= 11 is 1.84. The quantitative estimate of drug-likeness (QED) is 0.197. The fourth-order valence-electron chi connectivity index (χ4n) is 6.27. The molecular formula is C43H29NS. The first-order valence-electron chi connectivity index (χ1n) is 15.2. The second-order valence-corrected chi connectivity index (χ2v) is 12.1. The third-order valence-electron chi connectivity index (χ3n) is 8.32. The summed E-state index contributed by atoms with van der Waals surface area (Å²) in [4.78, 5) is 7.92. The maximum atomic E-state index is 5.48. The second kappa shape index (κ2) is 11.9. The first-order valence-corrected chi connectivity index (χ1v) is 16.0. The van der Waals surface area contributed by atoms with E-state index in [4.69, 9.17) is 4.98 Å². The van der Waals surface area contributed by atoms with Gasteiger partial charge in [-0.3, -0.25) is 0 Å². The number of rotatable bonds is 5. The Labute approximate surface area is 268 Å². The van der Waals surface area contributed by atoms with Crippen LogP contribution in [-0.2, 0) is 0 Å². The van der Waals surface area contributed by atoms with Gasteiger partial charge < -0.3 is 0 Å². The van der Waals surface area contributed by atoms with Gasteiger partial charge in [0.2, 0.25) is 0 Å². The predicted octanol–water partition coefficient (Wildman–Crippen LogP) is 11.7. The lowest BCUT2D eigenvalue weighted by Crippen LogP contribution is -2.02. The number of hydrogen-bond acceptors (Lipinski definition) is 2. The number of aromatic nitrogens is 1. The molecule has 0 saturated heterocycles. The third kappa shape index (κ3) is 5.10. The van der Waals surface area contributed by atoms with E-state index < -0.39 is 0 Å². The summed E-state index contributed by atoms with van der Waals surface area (Å²) < 4.78 is 0. The van der Waals surface area contributed by atoms with Gasteiger partial charge in [-0.2, -0.15) is 0 Å². The van der Waals surface area contributed by atoms with E-state index in [2.05, 4.69) is 176 Å². The van der Waals surface area contributed by atoms with Crippen molar-refractivity contribution in [2.24, 2.45) is 0 Å². The van der Waals surface area contributed by atoms with Gasteiger partial charge in [-0.05, 0) is 39.3 Å². The first kappa shape index (κ1) is 27.1. The Morgan fingerprint density at radius 1 is 0.422 bits per heavy atom. The third-order valence-corrected chi connectivity index (χ3v) is 9.52. The normalized spacial score (nSPS) is 13.6. The summed E-state index contributed by atoms with van der Waals surface area (Å²) in [6.07, 6.45) is 2.30. The van der Waals surface area contributed by atoms with Gasteiger partial charge in [0.05, 0.1) is 11.4 Å². The van der Waals surface area contributed by atoms with Crippen molar-refractivity contribution in [1.82, 2.24) is 4.98 Å². The second-order valence-electron chi connectivity index (χ2n) is 11.1. The molecular weight excluding hydrogens is 563 g/mol. The van der Waals surface area contributed by atoms with Crippen molar-refractivity contribution in [3.63, 3.8) is 0 Å². The van der Waals surface area contributed by atoms with Crippen LogP contribution in [0.1, 0.15) is 27.9 Å². The highest BCUT2D eigenvalue weighted by molar-refractivity contribution is 8.17. The Morgan fingerprint density at radius 2 is 0.911 bits per heavy atom. The van der Waals surface area contributed by atoms with Crippen LogP contribution in [0.5, 0.6) is 0 Å². The van der Waals surface area contributed by atoms with E-state index in [1.807, 2.05) is 11.8 Å². The minimum atomic E-state index is 0.969. The Kier molecular flexibility index (Phi) is 7.19. The van der Waals surface area contributed by atoms with Crippen molar-refractivity contribution in [2.75, 3.05) is 0 Å². The summed E-state index contributed by atoms with van der Waals surface area (Å²) in [6.45, 7) is 0. The lowest BCUT2D eigenvalue weighted by atomic mass is 9.90. The monoisotopic (exact) mass is 591 g/mol. The zero-order valence-electron chi connectivity index (χ0n) is 24.6. The maximum Gasteiger partial charge on any atom is 0.0794 e. The van der Waals surface area contributed by atoms with Crippen LogP contribution in [0.2, 0.25) is 0 Å². The van der Waals surface area contributed by atoms with Gasteiger partial charge in [-0.25, -0.2) is 4.98 Å². The summed E-state index contributed by atoms with van der Waals surface area (Å²) in [6, 6.07) is 60.2. The standard InChI is InChI=1S/C43H29NS/c1-5-17-30(18-6-1)40-36-27-15-13-25-34(36)38(44-42(40)32-21-9-3-10-22-32)29-39-35-26-14-16-28-37(35)41(31-19-7-2-8-20-31)43(45-39)33-23-11-4-12-24-33/h1-29H/b39-29-. The fourth-order valence-corrected chi connectivity index (χ4v) is 7.53. The van der Waals surface area contributed by atoms with Gasteiger partial charge in [0, 0.05) is 31.9 Å². The van der Waals surface area contributed by atoms with Crippen LogP contribution in [0.4, 0.5) is 0 Å². The SMILES string of the molecule is C(=C1/SC(c2ccccc2)=C(c2ccccc2)c2ccccc21)/c1nc(-c2ccccc2)c(-c2ccccc2)c2ccccc12. The van der Waals surface area contributed by atoms with E-state index in [0.29, 0.717) is 0 Å². The van der Waals surface area contributed by atoms with E-state index in [9.17, 15) is 0 Å². The summed E-state index contributed by atoms with van der Waals surface area (Å²) in [5.41, 5.74) is 11.5. The first-order chi connectivity index (χ1) is 22.3. The molecule has 45 heavy (non-hydrogen) atoms. The molecule has 7 aromatic rings. The summed E-state index contributed by atoms with van der Waals surface area (Å²) in [5, 5.41) is 2.34. The fraction of sp³-hybridized carbons (Fsp3) is 0. The molecule has 212 valence electrons. The highest BCUT2D eigenvalue weighted by atomic mass is 32.2. The molecule has 0 spiro atoms. The van der Waals surface area contributed by atoms with Crippen molar-refractivity contribution in [2.45, 2.75) is 0 Å². The molecule has 2 heteroatoms. The lowest BCUT2D eigenvalue weighted by Gasteiger charge is -2.26. The number of benzene rings is 6. The molecule has 1 nitrogen and oxygen atoms in total. The number of pyridine rings is 1. The number of fused-ring (bicyclic) bond motifs is 2. The lowest BCUT2D eigenvalue weighted by molar-refractivity contribution is 1.33. The van der Waals surface area contributed by atoms with Crippen LogP contribution in [0.3, 0.4) is 0 Å². The van der Waals surface area contributed by atoms with Gasteiger partial charge in [-0.15, -0.1) is 0 Å². The van der Waals surface area contributed by atoms with E-state index in [-0.39, 0.29) is 0 Å². The molecule has 8 rings (SSSR count). The molecule has 0 aliphatic carbocycles. The van der Waals surface area contributed by atoms with Crippen molar-refractivity contribution >= 4 is 44.0 Å². The maximum absolute atomic E-state index is 5.48. The molecule has 1 aliphatic rings. The minimum absolute atomic E-state index is 0.969. The molecule has 0 amide bonds. The molecule has 1 aromatic heterocycles. The van der Waals surface area contributed by atoms with Crippen molar-refractivity contribution in [1.29, 1.82) is 0 Å². The Bertz CT molecular complexity index is 2200. The van der Waals surface area contributed by atoms with Crippen LogP contribution in [0, 0.1) is 0 Å². The molecule has 0 unspecified atom stereocenters. The highest BCUT2D eigenvalue weighted by Crippen LogP contribution is 2.53. The van der Waals surface area contributed by atoms with Crippen LogP contribution in [0.25, 0.3) is 54.6 Å². The molecule has 0 atom stereocenters. The Morgan fingerprint density at radius 3 is 1.56 bits per heavy atom. The van der Waals surface area contributed by atoms with Crippen LogP contribution < -0.4 is 0 Å².